The summed E-state index contributed by atoms with van der Waals surface area (Å²) in [6.45, 7) is 11.2. The van der Waals surface area contributed by atoms with Crippen molar-refractivity contribution in [2.75, 3.05) is 6.61 Å². The molecule has 0 aromatic heterocycles. The van der Waals surface area contributed by atoms with Gasteiger partial charge in [0.2, 0.25) is 5.91 Å². The average molecular weight is 832 g/mol. The minimum Gasteiger partial charge on any atom is -0.456 e. The quantitative estimate of drug-likeness (QED) is 0.117. The second-order valence-electron chi connectivity index (χ2n) is 17.0. The number of allylic oxidation sites excluding steroid dienone is 1. The molecule has 1 unspecified atom stereocenters. The minimum atomic E-state index is -2.38. The smallest absolute Gasteiger partial charge is 0.338 e. The number of benzene rings is 2. The number of amides is 1. The summed E-state index contributed by atoms with van der Waals surface area (Å²) in [6, 6.07) is 14.8. The summed E-state index contributed by atoms with van der Waals surface area (Å²) in [5.41, 5.74) is -6.91. The molecule has 1 heterocycles. The van der Waals surface area contributed by atoms with Crippen LogP contribution in [0.25, 0.3) is 0 Å². The zero-order chi connectivity index (χ0) is 44.1. The van der Waals surface area contributed by atoms with E-state index in [1.807, 2.05) is 0 Å². The van der Waals surface area contributed by atoms with Crippen molar-refractivity contribution in [2.24, 2.45) is 16.7 Å². The zero-order valence-electron chi connectivity index (χ0n) is 34.9. The lowest BCUT2D eigenvalue weighted by atomic mass is 9.44. The van der Waals surface area contributed by atoms with E-state index in [-0.39, 0.29) is 29.7 Å². The number of rotatable bonds is 10. The van der Waals surface area contributed by atoms with E-state index in [9.17, 15) is 39.3 Å². The molecule has 3 fully saturated rings. The lowest BCUT2D eigenvalue weighted by Gasteiger charge is -2.67. The van der Waals surface area contributed by atoms with Gasteiger partial charge in [-0.3, -0.25) is 19.2 Å². The number of carbonyl (C=O) groups excluding carboxylic acids is 6. The van der Waals surface area contributed by atoms with E-state index < -0.39 is 113 Å². The fraction of sp³-hybridized carbons (Fsp3) is 0.511. The number of hydrogen-bond acceptors (Lipinski definition) is 14. The van der Waals surface area contributed by atoms with E-state index in [1.54, 1.807) is 82.3 Å². The molecule has 1 saturated heterocycles. The molecule has 6 rings (SSSR count). The van der Waals surface area contributed by atoms with E-state index in [0.29, 0.717) is 11.1 Å². The van der Waals surface area contributed by atoms with Gasteiger partial charge in [0.25, 0.3) is 0 Å². The van der Waals surface area contributed by atoms with E-state index in [0.717, 1.165) is 13.8 Å². The first-order chi connectivity index (χ1) is 28.1. The van der Waals surface area contributed by atoms with E-state index in [1.165, 1.54) is 26.0 Å². The Bertz CT molecular complexity index is 2110. The van der Waals surface area contributed by atoms with Crippen LogP contribution in [0.1, 0.15) is 90.2 Å². The van der Waals surface area contributed by atoms with Crippen molar-refractivity contribution in [3.8, 4) is 0 Å². The highest BCUT2D eigenvalue weighted by Crippen LogP contribution is 2.64. The Kier molecular flexibility index (Phi) is 12.1. The van der Waals surface area contributed by atoms with Crippen molar-refractivity contribution in [1.29, 1.82) is 0 Å². The van der Waals surface area contributed by atoms with Crippen LogP contribution in [0.15, 0.2) is 83.5 Å². The SMILES string of the molecule is C/C=C(\C)C(=O)NC(c1ccccc1)[C@@H](O)C(=O)O[C@H]1C[C@@]2(O)[C@@H](OC(=O)c3ccccc3)[C@@H]3[C@]4(OC(C)=O)CO[C@@H]4C[C@H](O)[C@@]3(C)C(=O)[C@H](OC(C)=O)C(=C1C)C2(C)C. The second kappa shape index (κ2) is 16.3. The number of fused-ring (bicyclic) bond motifs is 5. The molecule has 60 heavy (non-hydrogen) atoms. The van der Waals surface area contributed by atoms with Crippen LogP contribution in [0, 0.1) is 16.7 Å². The average Bonchev–Trinajstić information content (AvgIpc) is 3.20. The Hall–Kier alpha value is -5.22. The van der Waals surface area contributed by atoms with Gasteiger partial charge in [-0.2, -0.15) is 0 Å². The maximum atomic E-state index is 15.4. The minimum absolute atomic E-state index is 0.00140. The third-order valence-corrected chi connectivity index (χ3v) is 13.2. The van der Waals surface area contributed by atoms with Gasteiger partial charge in [-0.05, 0) is 56.5 Å². The predicted molar refractivity (Wildman–Crippen MR) is 211 cm³/mol. The Labute approximate surface area is 348 Å². The number of hydrogen-bond donors (Lipinski definition) is 4. The Morgan fingerprint density at radius 2 is 1.53 bits per heavy atom. The molecule has 0 radical (unpaired) electrons. The monoisotopic (exact) mass is 831 g/mol. The number of Topliss-reactive ketones (excluding diaryl/α,β-unsaturated/α-hetero) is 1. The van der Waals surface area contributed by atoms with Crippen molar-refractivity contribution >= 4 is 35.6 Å². The molecule has 4 aliphatic rings. The highest BCUT2D eigenvalue weighted by atomic mass is 16.6. The molecule has 322 valence electrons. The maximum absolute atomic E-state index is 15.4. The predicted octanol–water partition coefficient (Wildman–Crippen LogP) is 3.39. The van der Waals surface area contributed by atoms with Gasteiger partial charge in [0.05, 0.1) is 35.6 Å². The van der Waals surface area contributed by atoms with Crippen LogP contribution in [-0.4, -0.2) is 105 Å². The summed E-state index contributed by atoms with van der Waals surface area (Å²) in [4.78, 5) is 82.9. The number of esters is 4. The molecular formula is C45H53NO14. The molecule has 2 aromatic carbocycles. The molecule has 11 atom stereocenters. The largest absolute Gasteiger partial charge is 0.456 e. The first-order valence-electron chi connectivity index (χ1n) is 19.9. The van der Waals surface area contributed by atoms with Crippen LogP contribution >= 0.6 is 0 Å². The number of ether oxygens (including phenoxy) is 5. The van der Waals surface area contributed by atoms with Gasteiger partial charge < -0.3 is 44.3 Å². The standard InChI is InChI=1S/C45H53NO14/c1-9-23(2)39(52)46-33(27-16-12-10-13-17-27)34(50)41(54)58-29-21-45(55)38(59-40(53)28-18-14-11-15-19-28)36-43(8,30(49)20-31-44(36,22-56-31)60-26(5)48)37(51)35(57-25(4)47)32(24(29)3)42(45,6)7/h9-19,29-31,33-36,38,49-50,55H,20-22H2,1-8H3,(H,46,52)/b23-9+/t29-,30-,31+,33?,34+,35+,36-,38-,43+,44-,45+/m0/s1. The van der Waals surface area contributed by atoms with Crippen LogP contribution in [0.2, 0.25) is 0 Å². The topological polar surface area (TPSA) is 221 Å². The van der Waals surface area contributed by atoms with Gasteiger partial charge in [-0.1, -0.05) is 68.5 Å². The summed E-state index contributed by atoms with van der Waals surface area (Å²) in [7, 11) is 0. The van der Waals surface area contributed by atoms with E-state index in [2.05, 4.69) is 5.32 Å². The van der Waals surface area contributed by atoms with Crippen LogP contribution < -0.4 is 5.32 Å². The lowest BCUT2D eigenvalue weighted by Crippen LogP contribution is -2.82. The molecule has 4 N–H and O–H groups in total. The summed E-state index contributed by atoms with van der Waals surface area (Å²) in [6.07, 6.45) is -8.88. The van der Waals surface area contributed by atoms with Crippen molar-refractivity contribution in [2.45, 2.75) is 122 Å². The second-order valence-corrected chi connectivity index (χ2v) is 17.0. The molecule has 2 saturated carbocycles. The van der Waals surface area contributed by atoms with Gasteiger partial charge in [0.15, 0.2) is 23.6 Å². The molecule has 15 nitrogen and oxygen atoms in total. The van der Waals surface area contributed by atoms with Crippen molar-refractivity contribution in [1.82, 2.24) is 5.32 Å². The Morgan fingerprint density at radius 3 is 2.08 bits per heavy atom. The van der Waals surface area contributed by atoms with Crippen LogP contribution in [-0.2, 0) is 47.7 Å². The van der Waals surface area contributed by atoms with Crippen molar-refractivity contribution in [3.63, 3.8) is 0 Å². The highest BCUT2D eigenvalue weighted by molar-refractivity contribution is 5.96. The molecule has 3 aliphatic carbocycles. The van der Waals surface area contributed by atoms with Gasteiger partial charge >= 0.3 is 23.9 Å². The van der Waals surface area contributed by atoms with Crippen molar-refractivity contribution < 1.29 is 67.8 Å². The normalized spacial score (nSPS) is 32.9. The maximum Gasteiger partial charge on any atom is 0.338 e. The lowest BCUT2D eigenvalue weighted by molar-refractivity contribution is -0.346. The van der Waals surface area contributed by atoms with E-state index >= 15 is 4.79 Å². The van der Waals surface area contributed by atoms with Crippen molar-refractivity contribution in [3.05, 3.63) is 94.6 Å². The first-order valence-corrected chi connectivity index (χ1v) is 19.9. The van der Waals surface area contributed by atoms with Gasteiger partial charge in [0.1, 0.15) is 23.9 Å². The number of nitrogens with one attached hydrogen (secondary N) is 1. The number of aliphatic hydroxyl groups excluding tert-OH is 2. The molecule has 2 bridgehead atoms. The highest BCUT2D eigenvalue weighted by Gasteiger charge is 2.78. The summed E-state index contributed by atoms with van der Waals surface area (Å²) >= 11 is 0. The fourth-order valence-corrected chi connectivity index (χ4v) is 9.75. The summed E-state index contributed by atoms with van der Waals surface area (Å²) < 4.78 is 30.2. The van der Waals surface area contributed by atoms with Gasteiger partial charge in [-0.15, -0.1) is 0 Å². The molecule has 1 aliphatic heterocycles. The van der Waals surface area contributed by atoms with Gasteiger partial charge in [-0.25, -0.2) is 9.59 Å². The molecule has 0 spiro atoms. The molecule has 1 amide bonds. The van der Waals surface area contributed by atoms with Gasteiger partial charge in [0, 0.05) is 37.7 Å². The molecule has 15 heteroatoms. The van der Waals surface area contributed by atoms with Crippen LogP contribution in [0.4, 0.5) is 0 Å². The summed E-state index contributed by atoms with van der Waals surface area (Å²) in [5.74, 6) is -6.78. The van der Waals surface area contributed by atoms with Crippen LogP contribution in [0.3, 0.4) is 0 Å². The number of carbonyl (C=O) groups is 6. The first kappa shape index (κ1) is 44.3. The number of ketones is 1. The number of aliphatic hydroxyl groups is 3. The van der Waals surface area contributed by atoms with Crippen LogP contribution in [0.5, 0.6) is 0 Å². The summed E-state index contributed by atoms with van der Waals surface area (Å²) in [5, 5.41) is 40.0. The zero-order valence-corrected chi connectivity index (χ0v) is 34.9. The Morgan fingerprint density at radius 1 is 0.917 bits per heavy atom. The fourth-order valence-electron chi connectivity index (χ4n) is 9.75. The molecular weight excluding hydrogens is 778 g/mol. The molecule has 2 aromatic rings. The van der Waals surface area contributed by atoms with E-state index in [4.69, 9.17) is 23.7 Å². The third-order valence-electron chi connectivity index (χ3n) is 13.2. The Balaban J connectivity index is 1.56. The third kappa shape index (κ3) is 7.24.